The molecule has 2 nitrogen and oxygen atoms in total. The number of ether oxygens (including phenoxy) is 1. The van der Waals surface area contributed by atoms with Gasteiger partial charge in [0.1, 0.15) is 0 Å². The highest BCUT2D eigenvalue weighted by atomic mass is 28.4. The first kappa shape index (κ1) is 13.9. The van der Waals surface area contributed by atoms with Crippen molar-refractivity contribution in [2.75, 3.05) is 13.2 Å². The zero-order valence-corrected chi connectivity index (χ0v) is 12.4. The molecule has 0 aromatic carbocycles. The number of hydrogen-bond donors (Lipinski definition) is 0. The molecular weight excluding hydrogens is 216 g/mol. The summed E-state index contributed by atoms with van der Waals surface area (Å²) in [6.07, 6.45) is 6.79. The molecule has 0 bridgehead atoms. The molecule has 3 heteroatoms. The van der Waals surface area contributed by atoms with Crippen LogP contribution in [0.4, 0.5) is 0 Å². The Morgan fingerprint density at radius 3 is 2.62 bits per heavy atom. The summed E-state index contributed by atoms with van der Waals surface area (Å²) in [5.74, 6) is 0. The molecule has 16 heavy (non-hydrogen) atoms. The van der Waals surface area contributed by atoms with Crippen molar-refractivity contribution in [3.8, 4) is 0 Å². The smallest absolute Gasteiger partial charge is 0.192 e. The van der Waals surface area contributed by atoms with E-state index in [1.165, 1.54) is 0 Å². The van der Waals surface area contributed by atoms with Gasteiger partial charge in [-0.25, -0.2) is 0 Å². The largest absolute Gasteiger partial charge is 0.414 e. The Labute approximate surface area is 101 Å². The van der Waals surface area contributed by atoms with Crippen LogP contribution in [0.5, 0.6) is 0 Å². The van der Waals surface area contributed by atoms with E-state index in [0.717, 1.165) is 26.1 Å². The molecule has 0 aliphatic carbocycles. The Morgan fingerprint density at radius 1 is 1.31 bits per heavy atom. The van der Waals surface area contributed by atoms with Gasteiger partial charge in [-0.3, -0.25) is 0 Å². The molecule has 94 valence electrons. The van der Waals surface area contributed by atoms with Crippen molar-refractivity contribution >= 4 is 8.32 Å². The van der Waals surface area contributed by atoms with Crippen LogP contribution in [0.3, 0.4) is 0 Å². The predicted molar refractivity (Wildman–Crippen MR) is 71.3 cm³/mol. The van der Waals surface area contributed by atoms with Crippen LogP contribution < -0.4 is 0 Å². The summed E-state index contributed by atoms with van der Waals surface area (Å²) in [5.41, 5.74) is 0. The molecule has 1 aliphatic heterocycles. The monoisotopic (exact) mass is 242 g/mol. The fourth-order valence-electron chi connectivity index (χ4n) is 1.39. The van der Waals surface area contributed by atoms with Crippen molar-refractivity contribution in [2.45, 2.75) is 57.8 Å². The lowest BCUT2D eigenvalue weighted by atomic mass is 10.2. The fraction of sp³-hybridized carbons (Fsp3) is 0.846. The van der Waals surface area contributed by atoms with Gasteiger partial charge in [-0.1, -0.05) is 32.9 Å². The van der Waals surface area contributed by atoms with Crippen LogP contribution >= 0.6 is 0 Å². The molecule has 1 heterocycles. The van der Waals surface area contributed by atoms with Gasteiger partial charge in [-0.15, -0.1) is 0 Å². The third kappa shape index (κ3) is 4.04. The highest BCUT2D eigenvalue weighted by Gasteiger charge is 2.37. The van der Waals surface area contributed by atoms with E-state index in [9.17, 15) is 0 Å². The van der Waals surface area contributed by atoms with Crippen LogP contribution in [-0.2, 0) is 9.16 Å². The first-order valence-electron chi connectivity index (χ1n) is 6.23. The van der Waals surface area contributed by atoms with Crippen molar-refractivity contribution in [2.24, 2.45) is 0 Å². The van der Waals surface area contributed by atoms with Gasteiger partial charge in [-0.05, 0) is 31.0 Å². The molecule has 0 aromatic heterocycles. The van der Waals surface area contributed by atoms with Crippen LogP contribution in [0.2, 0.25) is 18.1 Å². The third-order valence-corrected chi connectivity index (χ3v) is 8.19. The predicted octanol–water partition coefficient (Wildman–Crippen LogP) is 3.74. The highest BCUT2D eigenvalue weighted by molar-refractivity contribution is 6.74. The van der Waals surface area contributed by atoms with Gasteiger partial charge in [-0.2, -0.15) is 0 Å². The van der Waals surface area contributed by atoms with Crippen LogP contribution in [0, 0.1) is 0 Å². The van der Waals surface area contributed by atoms with Crippen LogP contribution in [0.15, 0.2) is 12.2 Å². The maximum atomic E-state index is 6.18. The average molecular weight is 242 g/mol. The normalized spacial score (nSPS) is 23.2. The van der Waals surface area contributed by atoms with Crippen LogP contribution in [-0.4, -0.2) is 27.6 Å². The molecular formula is C13H26O2Si. The summed E-state index contributed by atoms with van der Waals surface area (Å²) >= 11 is 0. The summed E-state index contributed by atoms with van der Waals surface area (Å²) < 4.78 is 11.9. The molecule has 0 aromatic rings. The number of rotatable bonds is 3. The van der Waals surface area contributed by atoms with E-state index in [-0.39, 0.29) is 11.1 Å². The lowest BCUT2D eigenvalue weighted by Crippen LogP contribution is -2.42. The lowest BCUT2D eigenvalue weighted by Gasteiger charge is -2.37. The van der Waals surface area contributed by atoms with Gasteiger partial charge in [0.2, 0.25) is 0 Å². The van der Waals surface area contributed by atoms with Crippen molar-refractivity contribution in [3.05, 3.63) is 12.2 Å². The van der Waals surface area contributed by atoms with Crippen LogP contribution in [0.1, 0.15) is 33.6 Å². The van der Waals surface area contributed by atoms with Crippen molar-refractivity contribution in [1.29, 1.82) is 0 Å². The minimum atomic E-state index is -1.61. The first-order chi connectivity index (χ1) is 7.33. The van der Waals surface area contributed by atoms with Crippen molar-refractivity contribution in [1.82, 2.24) is 0 Å². The summed E-state index contributed by atoms with van der Waals surface area (Å²) in [4.78, 5) is 0. The molecule has 0 amide bonds. The summed E-state index contributed by atoms with van der Waals surface area (Å²) in [6, 6.07) is 0. The Bertz CT molecular complexity index is 231. The van der Waals surface area contributed by atoms with E-state index in [1.54, 1.807) is 0 Å². The van der Waals surface area contributed by atoms with Gasteiger partial charge < -0.3 is 9.16 Å². The van der Waals surface area contributed by atoms with Gasteiger partial charge in [0.15, 0.2) is 8.32 Å². The Kier molecular flexibility index (Phi) is 4.77. The van der Waals surface area contributed by atoms with Crippen molar-refractivity contribution < 1.29 is 9.16 Å². The standard InChI is InChI=1S/C13H26O2Si/c1-13(2,3)16(4,5)15-11-12-9-7-6-8-10-14-12/h6,8,12H,7,9-11H2,1-5H3. The molecule has 1 aliphatic rings. The maximum absolute atomic E-state index is 6.18. The molecule has 0 radical (unpaired) electrons. The number of allylic oxidation sites excluding steroid dienone is 1. The first-order valence-corrected chi connectivity index (χ1v) is 9.14. The van der Waals surface area contributed by atoms with Crippen LogP contribution in [0.25, 0.3) is 0 Å². The quantitative estimate of drug-likeness (QED) is 0.554. The summed E-state index contributed by atoms with van der Waals surface area (Å²) in [7, 11) is -1.61. The Balaban J connectivity index is 2.39. The number of hydrogen-bond acceptors (Lipinski definition) is 2. The minimum Gasteiger partial charge on any atom is -0.414 e. The van der Waals surface area contributed by atoms with E-state index in [2.05, 4.69) is 46.0 Å². The topological polar surface area (TPSA) is 18.5 Å². The molecule has 0 N–H and O–H groups in total. The fourth-order valence-corrected chi connectivity index (χ4v) is 2.43. The molecule has 1 unspecified atom stereocenters. The van der Waals surface area contributed by atoms with E-state index in [4.69, 9.17) is 9.16 Å². The highest BCUT2D eigenvalue weighted by Crippen LogP contribution is 2.36. The van der Waals surface area contributed by atoms with E-state index >= 15 is 0 Å². The zero-order chi connectivity index (χ0) is 12.2. The zero-order valence-electron chi connectivity index (χ0n) is 11.4. The minimum absolute atomic E-state index is 0.282. The molecule has 0 saturated heterocycles. The molecule has 0 saturated carbocycles. The Morgan fingerprint density at radius 2 is 2.00 bits per heavy atom. The molecule has 1 rings (SSSR count). The van der Waals surface area contributed by atoms with Gasteiger partial charge in [0.25, 0.3) is 0 Å². The SMILES string of the molecule is CC(C)(C)[Si](C)(C)OCC1CCC=CCO1. The van der Waals surface area contributed by atoms with E-state index in [1.807, 2.05) is 0 Å². The van der Waals surface area contributed by atoms with Gasteiger partial charge in [0, 0.05) is 0 Å². The maximum Gasteiger partial charge on any atom is 0.192 e. The molecule has 1 atom stereocenters. The second-order valence-corrected chi connectivity index (χ2v) is 10.9. The van der Waals surface area contributed by atoms with E-state index in [0.29, 0.717) is 0 Å². The summed E-state index contributed by atoms with van der Waals surface area (Å²) in [6.45, 7) is 12.9. The average Bonchev–Trinajstić information content (AvgIpc) is 2.41. The van der Waals surface area contributed by atoms with Gasteiger partial charge >= 0.3 is 0 Å². The second kappa shape index (κ2) is 5.47. The summed E-state index contributed by atoms with van der Waals surface area (Å²) in [5, 5.41) is 0.288. The molecule has 0 spiro atoms. The lowest BCUT2D eigenvalue weighted by molar-refractivity contribution is 0.0308. The molecule has 0 fully saturated rings. The second-order valence-electron chi connectivity index (χ2n) is 6.08. The van der Waals surface area contributed by atoms with Crippen molar-refractivity contribution in [3.63, 3.8) is 0 Å². The Hall–Kier alpha value is -0.123. The van der Waals surface area contributed by atoms with Gasteiger partial charge in [0.05, 0.1) is 19.3 Å². The third-order valence-electron chi connectivity index (χ3n) is 3.69. The van der Waals surface area contributed by atoms with E-state index < -0.39 is 8.32 Å².